The molecule has 0 atom stereocenters. The maximum absolute atomic E-state index is 14.2. The van der Waals surface area contributed by atoms with Crippen LogP contribution in [-0.4, -0.2) is 43.8 Å². The van der Waals surface area contributed by atoms with Crippen molar-refractivity contribution in [2.75, 3.05) is 27.4 Å². The quantitative estimate of drug-likeness (QED) is 0.183. The smallest absolute Gasteiger partial charge is 0.165 e. The fourth-order valence-electron chi connectivity index (χ4n) is 7.27. The van der Waals surface area contributed by atoms with Crippen molar-refractivity contribution in [3.8, 4) is 11.5 Å². The number of carbonyl (C=O) groups is 2. The molecule has 7 heteroatoms. The standard InChI is InChI=1S/C38H46ClNO5/c1-8-11-25-17-26(18-32(44-7)36(25)45-23-24-12-9-13-27(39)16-24)33-34-28(19-37(2,3)21-30(34)41)40(14-10-15-43-6)29-20-38(4,5)22-31(42)35(29)33/h8-9,12-13,16-18,33H,1,10-11,14-15,19-23H2,2-7H3. The van der Waals surface area contributed by atoms with Crippen LogP contribution in [-0.2, 0) is 27.4 Å². The van der Waals surface area contributed by atoms with Crippen molar-refractivity contribution in [2.45, 2.75) is 78.7 Å². The Balaban J connectivity index is 1.69. The van der Waals surface area contributed by atoms with E-state index in [0.717, 1.165) is 58.5 Å². The van der Waals surface area contributed by atoms with E-state index < -0.39 is 5.92 Å². The van der Waals surface area contributed by atoms with Gasteiger partial charge in [-0.05, 0) is 65.8 Å². The molecule has 45 heavy (non-hydrogen) atoms. The van der Waals surface area contributed by atoms with Gasteiger partial charge in [0, 0.05) is 72.1 Å². The highest BCUT2D eigenvalue weighted by Gasteiger charge is 2.49. The number of rotatable bonds is 11. The van der Waals surface area contributed by atoms with E-state index >= 15 is 0 Å². The molecule has 6 nitrogen and oxygen atoms in total. The van der Waals surface area contributed by atoms with Crippen LogP contribution in [0.15, 0.2) is 71.6 Å². The molecule has 3 aliphatic rings. The van der Waals surface area contributed by atoms with E-state index in [0.29, 0.717) is 55.5 Å². The van der Waals surface area contributed by atoms with Crippen molar-refractivity contribution in [2.24, 2.45) is 10.8 Å². The minimum absolute atomic E-state index is 0.109. The third-order valence-corrected chi connectivity index (χ3v) is 9.33. The van der Waals surface area contributed by atoms with Gasteiger partial charge in [0.25, 0.3) is 0 Å². The molecule has 1 heterocycles. The molecule has 1 aliphatic heterocycles. The summed E-state index contributed by atoms with van der Waals surface area (Å²) in [6.07, 6.45) is 5.57. The second kappa shape index (κ2) is 13.2. The molecule has 0 bridgehead atoms. The van der Waals surface area contributed by atoms with Crippen LogP contribution in [0.1, 0.15) is 82.4 Å². The van der Waals surface area contributed by atoms with E-state index in [4.69, 9.17) is 25.8 Å². The number of ketones is 2. The Labute approximate surface area is 273 Å². The lowest BCUT2D eigenvalue weighted by atomic mass is 9.63. The van der Waals surface area contributed by atoms with Crippen LogP contribution >= 0.6 is 11.6 Å². The molecule has 0 amide bonds. The molecule has 0 N–H and O–H groups in total. The molecular weight excluding hydrogens is 586 g/mol. The highest BCUT2D eigenvalue weighted by atomic mass is 35.5. The first-order valence-corrected chi connectivity index (χ1v) is 16.2. The predicted molar refractivity (Wildman–Crippen MR) is 179 cm³/mol. The minimum Gasteiger partial charge on any atom is -0.493 e. The zero-order chi connectivity index (χ0) is 32.5. The summed E-state index contributed by atoms with van der Waals surface area (Å²) in [5, 5.41) is 0.645. The van der Waals surface area contributed by atoms with Crippen LogP contribution in [0.4, 0.5) is 0 Å². The Morgan fingerprint density at radius 3 is 2.16 bits per heavy atom. The van der Waals surface area contributed by atoms with E-state index in [2.05, 4.69) is 45.2 Å². The third kappa shape index (κ3) is 6.92. The Bertz CT molecular complexity index is 1510. The summed E-state index contributed by atoms with van der Waals surface area (Å²) in [5.41, 5.74) is 5.92. The number of methoxy groups -OCH3 is 2. The van der Waals surface area contributed by atoms with Crippen molar-refractivity contribution < 1.29 is 23.8 Å². The first-order chi connectivity index (χ1) is 21.4. The van der Waals surface area contributed by atoms with Gasteiger partial charge in [0.2, 0.25) is 0 Å². The summed E-state index contributed by atoms with van der Waals surface area (Å²) in [5.74, 6) is 0.926. The molecular formula is C38H46ClNO5. The molecule has 5 rings (SSSR count). The van der Waals surface area contributed by atoms with Crippen molar-refractivity contribution in [1.29, 1.82) is 0 Å². The van der Waals surface area contributed by atoms with E-state index in [9.17, 15) is 9.59 Å². The lowest BCUT2D eigenvalue weighted by Gasteiger charge is -2.49. The topological polar surface area (TPSA) is 65.1 Å². The number of Topliss-reactive ketones (excluding diaryl/α,β-unsaturated/α-hetero) is 2. The van der Waals surface area contributed by atoms with Gasteiger partial charge in [-0.15, -0.1) is 6.58 Å². The molecule has 0 aromatic heterocycles. The number of ether oxygens (including phenoxy) is 3. The van der Waals surface area contributed by atoms with Crippen LogP contribution in [0.3, 0.4) is 0 Å². The lowest BCUT2D eigenvalue weighted by molar-refractivity contribution is -0.119. The van der Waals surface area contributed by atoms with Crippen LogP contribution < -0.4 is 9.47 Å². The van der Waals surface area contributed by atoms with Gasteiger partial charge in [0.15, 0.2) is 23.1 Å². The van der Waals surface area contributed by atoms with Gasteiger partial charge in [0.05, 0.1) is 7.11 Å². The maximum Gasteiger partial charge on any atom is 0.165 e. The maximum atomic E-state index is 14.2. The molecule has 0 spiro atoms. The molecule has 0 saturated heterocycles. The van der Waals surface area contributed by atoms with Gasteiger partial charge in [-0.25, -0.2) is 0 Å². The normalized spacial score (nSPS) is 19.4. The van der Waals surface area contributed by atoms with Crippen molar-refractivity contribution in [3.63, 3.8) is 0 Å². The summed E-state index contributed by atoms with van der Waals surface area (Å²) in [4.78, 5) is 30.7. The number of carbonyl (C=O) groups excluding carboxylic acids is 2. The fourth-order valence-corrected chi connectivity index (χ4v) is 7.49. The van der Waals surface area contributed by atoms with Crippen molar-refractivity contribution in [3.05, 3.63) is 93.3 Å². The van der Waals surface area contributed by atoms with E-state index in [-0.39, 0.29) is 22.4 Å². The van der Waals surface area contributed by atoms with Gasteiger partial charge in [0.1, 0.15) is 6.61 Å². The fraction of sp³-hybridized carbons (Fsp3) is 0.474. The number of allylic oxidation sites excluding steroid dienone is 5. The Kier molecular flexibility index (Phi) is 9.67. The molecule has 2 aromatic carbocycles. The van der Waals surface area contributed by atoms with Crippen molar-refractivity contribution in [1.82, 2.24) is 4.90 Å². The number of hydrogen-bond acceptors (Lipinski definition) is 6. The van der Waals surface area contributed by atoms with Gasteiger partial charge >= 0.3 is 0 Å². The first-order valence-electron chi connectivity index (χ1n) is 15.9. The summed E-state index contributed by atoms with van der Waals surface area (Å²) < 4.78 is 17.7. The summed E-state index contributed by atoms with van der Waals surface area (Å²) in [6, 6.07) is 11.6. The second-order valence-electron chi connectivity index (χ2n) is 14.2. The monoisotopic (exact) mass is 631 g/mol. The first kappa shape index (κ1) is 33.0. The predicted octanol–water partition coefficient (Wildman–Crippen LogP) is 8.38. The molecule has 2 aliphatic carbocycles. The van der Waals surface area contributed by atoms with E-state index in [1.807, 2.05) is 36.4 Å². The average Bonchev–Trinajstić information content (AvgIpc) is 2.95. The number of benzene rings is 2. The Morgan fingerprint density at radius 1 is 0.956 bits per heavy atom. The number of halogens is 1. The second-order valence-corrected chi connectivity index (χ2v) is 14.6. The van der Waals surface area contributed by atoms with Gasteiger partial charge in [-0.2, -0.15) is 0 Å². The molecule has 240 valence electrons. The zero-order valence-corrected chi connectivity index (χ0v) is 28.3. The van der Waals surface area contributed by atoms with Gasteiger partial charge < -0.3 is 19.1 Å². The SMILES string of the molecule is C=CCc1cc(C2C3=C(CC(C)(C)CC3=O)N(CCCOC)C3=C2C(=O)CC(C)(C)C3)cc(OC)c1OCc1cccc(Cl)c1. The molecule has 0 saturated carbocycles. The van der Waals surface area contributed by atoms with Gasteiger partial charge in [-0.3, -0.25) is 9.59 Å². The average molecular weight is 632 g/mol. The number of hydrogen-bond donors (Lipinski definition) is 0. The van der Waals surface area contributed by atoms with Crippen LogP contribution in [0.25, 0.3) is 0 Å². The summed E-state index contributed by atoms with van der Waals surface area (Å²) in [7, 11) is 3.33. The highest BCUT2D eigenvalue weighted by Crippen LogP contribution is 2.55. The largest absolute Gasteiger partial charge is 0.493 e. The number of nitrogens with zero attached hydrogens (tertiary/aromatic N) is 1. The van der Waals surface area contributed by atoms with Crippen LogP contribution in [0.2, 0.25) is 5.02 Å². The van der Waals surface area contributed by atoms with Crippen molar-refractivity contribution >= 4 is 23.2 Å². The Hall–Kier alpha value is -3.35. The molecule has 0 unspecified atom stereocenters. The van der Waals surface area contributed by atoms with Crippen LogP contribution in [0.5, 0.6) is 11.5 Å². The van der Waals surface area contributed by atoms with E-state index in [1.165, 1.54) is 0 Å². The zero-order valence-electron chi connectivity index (χ0n) is 27.6. The minimum atomic E-state index is -0.472. The van der Waals surface area contributed by atoms with Crippen LogP contribution in [0, 0.1) is 10.8 Å². The lowest BCUT2D eigenvalue weighted by Crippen LogP contribution is -2.44. The summed E-state index contributed by atoms with van der Waals surface area (Å²) >= 11 is 6.22. The van der Waals surface area contributed by atoms with E-state index in [1.54, 1.807) is 14.2 Å². The Morgan fingerprint density at radius 2 is 1.60 bits per heavy atom. The molecule has 2 aromatic rings. The third-order valence-electron chi connectivity index (χ3n) is 9.10. The molecule has 0 radical (unpaired) electrons. The summed E-state index contributed by atoms with van der Waals surface area (Å²) in [6.45, 7) is 14.3. The highest BCUT2D eigenvalue weighted by molar-refractivity contribution is 6.30. The van der Waals surface area contributed by atoms with Gasteiger partial charge in [-0.1, -0.05) is 63.6 Å². The molecule has 0 fully saturated rings.